The van der Waals surface area contributed by atoms with Gasteiger partial charge in [0.05, 0.1) is 10.9 Å². The van der Waals surface area contributed by atoms with E-state index >= 15 is 0 Å². The molecule has 1 heterocycles. The Balaban J connectivity index is 2.08. The van der Waals surface area contributed by atoms with E-state index in [0.717, 1.165) is 15.7 Å². The van der Waals surface area contributed by atoms with E-state index in [1.165, 1.54) is 0 Å². The molecule has 0 fully saturated rings. The maximum absolute atomic E-state index is 12.1. The van der Waals surface area contributed by atoms with Crippen LogP contribution < -0.4 is 16.6 Å². The first-order chi connectivity index (χ1) is 10.0. The number of H-pyrrole nitrogens is 1. The van der Waals surface area contributed by atoms with Gasteiger partial charge in [-0.05, 0) is 42.8 Å². The smallest absolute Gasteiger partial charge is 0.260 e. The van der Waals surface area contributed by atoms with Crippen molar-refractivity contribution in [2.75, 3.05) is 11.1 Å². The first kappa shape index (κ1) is 13.6. The Labute approximate surface area is 129 Å². The fraction of sp³-hybridized carbons (Fsp3) is 0.0667. The summed E-state index contributed by atoms with van der Waals surface area (Å²) >= 11 is 3.48. The standard InChI is InChI=1S/C15H13BrN4O/c1-8-11(16)3-2-4-12(8)18-15-19-13-6-5-9(17)7-10(13)14(21)20-15/h2-7H,17H2,1H3,(H2,18,19,20,21). The van der Waals surface area contributed by atoms with Gasteiger partial charge in [-0.1, -0.05) is 22.0 Å². The average Bonchev–Trinajstić information content (AvgIpc) is 2.45. The summed E-state index contributed by atoms with van der Waals surface area (Å²) in [7, 11) is 0. The quantitative estimate of drug-likeness (QED) is 0.622. The van der Waals surface area contributed by atoms with Gasteiger partial charge < -0.3 is 11.1 Å². The van der Waals surface area contributed by atoms with Crippen LogP contribution in [0.25, 0.3) is 10.9 Å². The van der Waals surface area contributed by atoms with Gasteiger partial charge in [0.2, 0.25) is 5.95 Å². The number of hydrogen-bond acceptors (Lipinski definition) is 4. The van der Waals surface area contributed by atoms with Crippen LogP contribution >= 0.6 is 15.9 Å². The van der Waals surface area contributed by atoms with Gasteiger partial charge in [-0.25, -0.2) is 4.98 Å². The lowest BCUT2D eigenvalue weighted by molar-refractivity contribution is 1.16. The Kier molecular flexibility index (Phi) is 3.39. The van der Waals surface area contributed by atoms with Crippen molar-refractivity contribution in [2.45, 2.75) is 6.92 Å². The number of rotatable bonds is 2. The van der Waals surface area contributed by atoms with Crippen molar-refractivity contribution in [1.82, 2.24) is 9.97 Å². The third-order valence-corrected chi connectivity index (χ3v) is 4.11. The molecular formula is C15H13BrN4O. The summed E-state index contributed by atoms with van der Waals surface area (Å²) in [4.78, 5) is 19.2. The number of nitrogens with one attached hydrogen (secondary N) is 2. The van der Waals surface area contributed by atoms with Crippen molar-refractivity contribution in [3.8, 4) is 0 Å². The molecule has 0 aliphatic heterocycles. The van der Waals surface area contributed by atoms with Gasteiger partial charge in [0.25, 0.3) is 5.56 Å². The average molecular weight is 345 g/mol. The van der Waals surface area contributed by atoms with E-state index in [1.54, 1.807) is 18.2 Å². The molecule has 3 rings (SSSR count). The highest BCUT2D eigenvalue weighted by Gasteiger charge is 2.07. The molecule has 0 aliphatic carbocycles. The van der Waals surface area contributed by atoms with Gasteiger partial charge in [-0.15, -0.1) is 0 Å². The molecule has 0 atom stereocenters. The van der Waals surface area contributed by atoms with Crippen LogP contribution in [-0.4, -0.2) is 9.97 Å². The largest absolute Gasteiger partial charge is 0.399 e. The van der Waals surface area contributed by atoms with Gasteiger partial charge in [0.15, 0.2) is 0 Å². The summed E-state index contributed by atoms with van der Waals surface area (Å²) in [6, 6.07) is 10.9. The van der Waals surface area contributed by atoms with Crippen LogP contribution in [0.2, 0.25) is 0 Å². The van der Waals surface area contributed by atoms with Crippen LogP contribution in [0.4, 0.5) is 17.3 Å². The van der Waals surface area contributed by atoms with Crippen LogP contribution in [0.15, 0.2) is 45.7 Å². The molecule has 0 bridgehead atoms. The van der Waals surface area contributed by atoms with E-state index in [4.69, 9.17) is 5.73 Å². The van der Waals surface area contributed by atoms with Crippen molar-refractivity contribution >= 4 is 44.2 Å². The van der Waals surface area contributed by atoms with Crippen LogP contribution in [0.1, 0.15) is 5.56 Å². The first-order valence-corrected chi connectivity index (χ1v) is 7.15. The molecule has 6 heteroatoms. The van der Waals surface area contributed by atoms with Gasteiger partial charge in [0, 0.05) is 15.8 Å². The van der Waals surface area contributed by atoms with Gasteiger partial charge in [-0.2, -0.15) is 0 Å². The Hall–Kier alpha value is -2.34. The van der Waals surface area contributed by atoms with Gasteiger partial charge in [-0.3, -0.25) is 9.78 Å². The molecule has 0 radical (unpaired) electrons. The summed E-state index contributed by atoms with van der Waals surface area (Å²) in [6.45, 7) is 1.98. The fourth-order valence-corrected chi connectivity index (χ4v) is 2.45. The first-order valence-electron chi connectivity index (χ1n) is 6.36. The van der Waals surface area contributed by atoms with Crippen molar-refractivity contribution in [1.29, 1.82) is 0 Å². The van der Waals surface area contributed by atoms with Gasteiger partial charge in [0.1, 0.15) is 0 Å². The third kappa shape index (κ3) is 2.62. The Morgan fingerprint density at radius 3 is 2.90 bits per heavy atom. The Morgan fingerprint density at radius 1 is 1.29 bits per heavy atom. The van der Waals surface area contributed by atoms with E-state index in [9.17, 15) is 4.79 Å². The maximum atomic E-state index is 12.1. The number of nitrogen functional groups attached to an aromatic ring is 1. The summed E-state index contributed by atoms with van der Waals surface area (Å²) in [5, 5.41) is 3.61. The Bertz CT molecular complexity index is 888. The lowest BCUT2D eigenvalue weighted by Crippen LogP contribution is -2.11. The molecule has 0 unspecified atom stereocenters. The number of nitrogens with zero attached hydrogens (tertiary/aromatic N) is 1. The number of hydrogen-bond donors (Lipinski definition) is 3. The van der Waals surface area contributed by atoms with Gasteiger partial charge >= 0.3 is 0 Å². The highest BCUT2D eigenvalue weighted by molar-refractivity contribution is 9.10. The zero-order valence-electron chi connectivity index (χ0n) is 11.3. The Morgan fingerprint density at radius 2 is 2.10 bits per heavy atom. The summed E-state index contributed by atoms with van der Waals surface area (Å²) in [5.41, 5.74) is 8.53. The predicted octanol–water partition coefficient (Wildman–Crippen LogP) is 3.32. The number of anilines is 3. The van der Waals surface area contributed by atoms with E-state index in [2.05, 4.69) is 31.2 Å². The summed E-state index contributed by atoms with van der Waals surface area (Å²) < 4.78 is 0.989. The number of nitrogens with two attached hydrogens (primary N) is 1. The van der Waals surface area contributed by atoms with Crippen molar-refractivity contribution < 1.29 is 0 Å². The number of benzene rings is 2. The second-order valence-corrected chi connectivity index (χ2v) is 5.58. The third-order valence-electron chi connectivity index (χ3n) is 3.25. The predicted molar refractivity (Wildman–Crippen MR) is 88.9 cm³/mol. The zero-order chi connectivity index (χ0) is 15.0. The normalized spacial score (nSPS) is 10.8. The molecule has 5 nitrogen and oxygen atoms in total. The molecule has 1 aromatic heterocycles. The summed E-state index contributed by atoms with van der Waals surface area (Å²) in [6.07, 6.45) is 0. The van der Waals surface area contributed by atoms with E-state index in [1.807, 2.05) is 25.1 Å². The van der Waals surface area contributed by atoms with Crippen molar-refractivity contribution in [3.05, 3.63) is 56.8 Å². The van der Waals surface area contributed by atoms with Crippen molar-refractivity contribution in [2.24, 2.45) is 0 Å². The minimum atomic E-state index is -0.220. The molecular weight excluding hydrogens is 332 g/mol. The molecule has 4 N–H and O–H groups in total. The van der Waals surface area contributed by atoms with Crippen LogP contribution in [-0.2, 0) is 0 Å². The summed E-state index contributed by atoms with van der Waals surface area (Å²) in [5.74, 6) is 0.401. The fourth-order valence-electron chi connectivity index (χ4n) is 2.09. The molecule has 3 aromatic rings. The topological polar surface area (TPSA) is 83.8 Å². The minimum Gasteiger partial charge on any atom is -0.399 e. The molecule has 21 heavy (non-hydrogen) atoms. The lowest BCUT2D eigenvalue weighted by atomic mass is 10.2. The van der Waals surface area contributed by atoms with Crippen LogP contribution in [0.3, 0.4) is 0 Å². The van der Waals surface area contributed by atoms with E-state index in [0.29, 0.717) is 22.5 Å². The van der Waals surface area contributed by atoms with Crippen LogP contribution in [0.5, 0.6) is 0 Å². The van der Waals surface area contributed by atoms with Crippen LogP contribution in [0, 0.1) is 6.92 Å². The molecule has 0 amide bonds. The second-order valence-electron chi connectivity index (χ2n) is 4.73. The molecule has 0 spiro atoms. The molecule has 106 valence electrons. The molecule has 0 saturated heterocycles. The number of fused-ring (bicyclic) bond motifs is 1. The monoisotopic (exact) mass is 344 g/mol. The molecule has 0 saturated carbocycles. The number of halogens is 1. The van der Waals surface area contributed by atoms with E-state index < -0.39 is 0 Å². The number of aromatic amines is 1. The number of aromatic nitrogens is 2. The molecule has 2 aromatic carbocycles. The SMILES string of the molecule is Cc1c(Br)cccc1Nc1nc2ccc(N)cc2c(=O)[nH]1. The highest BCUT2D eigenvalue weighted by atomic mass is 79.9. The zero-order valence-corrected chi connectivity index (χ0v) is 12.9. The molecule has 0 aliphatic rings. The lowest BCUT2D eigenvalue weighted by Gasteiger charge is -2.10. The minimum absolute atomic E-state index is 0.220. The highest BCUT2D eigenvalue weighted by Crippen LogP contribution is 2.25. The maximum Gasteiger partial charge on any atom is 0.260 e. The van der Waals surface area contributed by atoms with Crippen molar-refractivity contribution in [3.63, 3.8) is 0 Å². The second kappa shape index (κ2) is 5.21. The van der Waals surface area contributed by atoms with E-state index in [-0.39, 0.29) is 5.56 Å².